The number of hydrogen-bond acceptors (Lipinski definition) is 8. The summed E-state index contributed by atoms with van der Waals surface area (Å²) in [7, 11) is 0. The van der Waals surface area contributed by atoms with Crippen LogP contribution in [0.2, 0.25) is 0 Å². The van der Waals surface area contributed by atoms with E-state index in [-0.39, 0.29) is 44.8 Å². The molecule has 4 atom stereocenters. The molecule has 2 heterocycles. The Hall–Kier alpha value is -9.42. The Bertz CT molecular complexity index is 3300. The maximum atomic E-state index is 14.8. The largest absolute Gasteiger partial charge is 0.366 e. The van der Waals surface area contributed by atoms with Crippen molar-refractivity contribution in [3.05, 3.63) is 261 Å². The molecular weight excluding hydrogens is 925 g/mol. The summed E-state index contributed by atoms with van der Waals surface area (Å²) in [6, 6.07) is 55.2. The summed E-state index contributed by atoms with van der Waals surface area (Å²) in [5, 5.41) is 1.22. The number of pyridine rings is 2. The van der Waals surface area contributed by atoms with Crippen molar-refractivity contribution in [3.8, 4) is 0 Å². The third-order valence-electron chi connectivity index (χ3n) is 13.7. The van der Waals surface area contributed by atoms with E-state index in [0.717, 1.165) is 22.3 Å². The van der Waals surface area contributed by atoms with E-state index in [1.807, 2.05) is 161 Å². The molecule has 0 spiro atoms. The molecule has 2 aromatic heterocycles. The van der Waals surface area contributed by atoms with Gasteiger partial charge in [0.15, 0.2) is 0 Å². The minimum atomic E-state index is -0.829. The van der Waals surface area contributed by atoms with Gasteiger partial charge in [-0.3, -0.25) is 28.8 Å². The van der Waals surface area contributed by atoms with E-state index in [0.29, 0.717) is 21.8 Å². The molecule has 12 heteroatoms. The maximum absolute atomic E-state index is 14.8. The molecule has 9 rings (SSSR count). The van der Waals surface area contributed by atoms with Crippen molar-refractivity contribution in [2.75, 3.05) is 0 Å². The van der Waals surface area contributed by atoms with Crippen LogP contribution < -0.4 is 11.5 Å². The number of amides is 4. The Labute approximate surface area is 428 Å². The summed E-state index contributed by atoms with van der Waals surface area (Å²) in [6.45, 7) is 7.72. The lowest BCUT2D eigenvalue weighted by atomic mass is 9.96. The lowest BCUT2D eigenvalue weighted by Crippen LogP contribution is -2.36. The second kappa shape index (κ2) is 21.1. The highest BCUT2D eigenvalue weighted by Gasteiger charge is 2.32. The molecule has 4 amide bonds. The van der Waals surface area contributed by atoms with Gasteiger partial charge in [0, 0.05) is 44.2 Å². The van der Waals surface area contributed by atoms with Crippen molar-refractivity contribution in [3.63, 3.8) is 0 Å². The maximum Gasteiger partial charge on any atom is 0.254 e. The lowest BCUT2D eigenvalue weighted by Gasteiger charge is -2.35. The summed E-state index contributed by atoms with van der Waals surface area (Å²) in [5.74, 6) is -3.69. The molecule has 0 unspecified atom stereocenters. The number of carbonyl (C=O) groups excluding carboxylic acids is 6. The zero-order valence-corrected chi connectivity index (χ0v) is 41.2. The first-order chi connectivity index (χ1) is 35.7. The average molecular weight is 977 g/mol. The molecule has 4 N–H and O–H groups in total. The molecule has 0 fully saturated rings. The van der Waals surface area contributed by atoms with E-state index in [1.54, 1.807) is 34.1 Å². The standard InChI is InChI=1S/C62H52N6O6/c1-37(41-17-9-5-10-18-41)67(38(2)42-19-11-6-12-20-42)61(73)51-33-47(31-49(35-51)59(63)71)57(69)53-29-27-45-25-26-46-28-30-54(66-56(46)55(45)65-53)58(70)48-32-50(60(64)72)36-52(34-48)62(74)68(39(3)43-21-13-7-14-22-43)40(4)44-23-15-8-16-24-44/h5-40H,1-4H3,(H2,63,71)(H2,64,72)/t37-,38-,39-,40-/m1/s1. The Morgan fingerprint density at radius 3 is 0.892 bits per heavy atom. The van der Waals surface area contributed by atoms with E-state index in [4.69, 9.17) is 21.4 Å². The van der Waals surface area contributed by atoms with Gasteiger partial charge in [-0.1, -0.05) is 146 Å². The summed E-state index contributed by atoms with van der Waals surface area (Å²) >= 11 is 0. The smallest absolute Gasteiger partial charge is 0.254 e. The molecule has 12 nitrogen and oxygen atoms in total. The third kappa shape index (κ3) is 10.1. The van der Waals surface area contributed by atoms with Gasteiger partial charge in [-0.15, -0.1) is 0 Å². The van der Waals surface area contributed by atoms with Crippen molar-refractivity contribution < 1.29 is 28.8 Å². The van der Waals surface area contributed by atoms with Crippen LogP contribution in [-0.4, -0.2) is 55.0 Å². The Morgan fingerprint density at radius 1 is 0.351 bits per heavy atom. The van der Waals surface area contributed by atoms with E-state index in [9.17, 15) is 28.8 Å². The van der Waals surface area contributed by atoms with Gasteiger partial charge in [-0.2, -0.15) is 0 Å². The van der Waals surface area contributed by atoms with E-state index < -0.39 is 59.4 Å². The first-order valence-electron chi connectivity index (χ1n) is 24.2. The number of fused-ring (bicyclic) bond motifs is 3. The second-order valence-electron chi connectivity index (χ2n) is 18.4. The van der Waals surface area contributed by atoms with Crippen LogP contribution in [0.4, 0.5) is 0 Å². The summed E-state index contributed by atoms with van der Waals surface area (Å²) in [5.41, 5.74) is 15.9. The van der Waals surface area contributed by atoms with Crippen LogP contribution in [-0.2, 0) is 0 Å². The fourth-order valence-electron chi connectivity index (χ4n) is 9.61. The fourth-order valence-corrected chi connectivity index (χ4v) is 9.61. The molecule has 0 aliphatic heterocycles. The molecule has 0 radical (unpaired) electrons. The van der Waals surface area contributed by atoms with Gasteiger partial charge in [-0.25, -0.2) is 9.97 Å². The highest BCUT2D eigenvalue weighted by atomic mass is 16.2. The highest BCUT2D eigenvalue weighted by Crippen LogP contribution is 2.35. The van der Waals surface area contributed by atoms with Crippen molar-refractivity contribution >= 4 is 57.0 Å². The fraction of sp³-hybridized carbons (Fsp3) is 0.129. The molecule has 9 aromatic rings. The minimum absolute atomic E-state index is 0.00909. The number of carbonyl (C=O) groups is 6. The monoisotopic (exact) mass is 976 g/mol. The molecule has 0 aliphatic carbocycles. The number of rotatable bonds is 16. The average Bonchev–Trinajstić information content (AvgIpc) is 3.44. The number of hydrogen-bond donors (Lipinski definition) is 2. The van der Waals surface area contributed by atoms with E-state index in [2.05, 4.69) is 0 Å². The van der Waals surface area contributed by atoms with Crippen LogP contribution in [0.5, 0.6) is 0 Å². The van der Waals surface area contributed by atoms with Gasteiger partial charge in [0.2, 0.25) is 23.4 Å². The third-order valence-corrected chi connectivity index (χ3v) is 13.7. The van der Waals surface area contributed by atoms with Gasteiger partial charge < -0.3 is 21.3 Å². The first-order valence-corrected chi connectivity index (χ1v) is 24.2. The molecule has 0 bridgehead atoms. The van der Waals surface area contributed by atoms with Crippen LogP contribution in [0.3, 0.4) is 0 Å². The Balaban J connectivity index is 1.08. The molecule has 0 saturated carbocycles. The predicted molar refractivity (Wildman–Crippen MR) is 286 cm³/mol. The number of primary amides is 2. The van der Waals surface area contributed by atoms with E-state index in [1.165, 1.54) is 36.4 Å². The van der Waals surface area contributed by atoms with Gasteiger partial charge in [0.25, 0.3) is 11.8 Å². The van der Waals surface area contributed by atoms with Crippen molar-refractivity contribution in [2.24, 2.45) is 11.5 Å². The molecule has 366 valence electrons. The van der Waals surface area contributed by atoms with Crippen molar-refractivity contribution in [1.29, 1.82) is 0 Å². The first kappa shape index (κ1) is 49.6. The number of aromatic nitrogens is 2. The van der Waals surface area contributed by atoms with Gasteiger partial charge >= 0.3 is 0 Å². The topological polar surface area (TPSA) is 187 Å². The summed E-state index contributed by atoms with van der Waals surface area (Å²) < 4.78 is 0. The number of benzene rings is 7. The van der Waals surface area contributed by atoms with Crippen LogP contribution in [0, 0.1) is 0 Å². The second-order valence-corrected chi connectivity index (χ2v) is 18.4. The Kier molecular flexibility index (Phi) is 14.1. The summed E-state index contributed by atoms with van der Waals surface area (Å²) in [4.78, 5) is 97.7. The summed E-state index contributed by atoms with van der Waals surface area (Å²) in [6.07, 6.45) is 0. The van der Waals surface area contributed by atoms with Crippen LogP contribution in [0.1, 0.15) is 148 Å². The zero-order valence-electron chi connectivity index (χ0n) is 41.2. The molecule has 0 saturated heterocycles. The SMILES string of the molecule is C[C@H](c1ccccc1)N(C(=O)c1cc(C(N)=O)cc(C(=O)c2ccc3ccc4ccc(C(=O)c5cc(C(N)=O)cc(C(=O)N([C@H](C)c6ccccc6)[C@H](C)c6ccccc6)c5)nc4c3n2)c1)[C@H](C)c1ccccc1. The van der Waals surface area contributed by atoms with Crippen LogP contribution in [0.25, 0.3) is 21.8 Å². The van der Waals surface area contributed by atoms with Crippen LogP contribution in [0.15, 0.2) is 194 Å². The lowest BCUT2D eigenvalue weighted by molar-refractivity contribution is 0.0596. The molecule has 7 aromatic carbocycles. The highest BCUT2D eigenvalue weighted by molar-refractivity contribution is 6.15. The molecule has 74 heavy (non-hydrogen) atoms. The van der Waals surface area contributed by atoms with Gasteiger partial charge in [0.1, 0.15) is 11.4 Å². The number of nitrogens with zero attached hydrogens (tertiary/aromatic N) is 4. The van der Waals surface area contributed by atoms with Crippen molar-refractivity contribution in [2.45, 2.75) is 51.9 Å². The number of ketones is 2. The number of nitrogens with two attached hydrogens (primary N) is 2. The van der Waals surface area contributed by atoms with Crippen LogP contribution >= 0.6 is 0 Å². The Morgan fingerprint density at radius 2 is 0.608 bits per heavy atom. The van der Waals surface area contributed by atoms with E-state index >= 15 is 0 Å². The normalized spacial score (nSPS) is 12.8. The van der Waals surface area contributed by atoms with Crippen molar-refractivity contribution in [1.82, 2.24) is 19.8 Å². The molecule has 0 aliphatic rings. The zero-order chi connectivity index (χ0) is 52.2. The predicted octanol–water partition coefficient (Wildman–Crippen LogP) is 11.4. The minimum Gasteiger partial charge on any atom is -0.366 e. The van der Waals surface area contributed by atoms with Gasteiger partial charge in [0.05, 0.1) is 35.2 Å². The van der Waals surface area contributed by atoms with Gasteiger partial charge in [-0.05, 0) is 98.5 Å². The molecular formula is C62H52N6O6. The quantitative estimate of drug-likeness (QED) is 0.0707.